The highest BCUT2D eigenvalue weighted by atomic mass is 35.5. The first-order valence-electron chi connectivity index (χ1n) is 28.0. The second-order valence-corrected chi connectivity index (χ2v) is 22.3. The van der Waals surface area contributed by atoms with Crippen molar-refractivity contribution in [3.05, 3.63) is 105 Å². The van der Waals surface area contributed by atoms with Crippen molar-refractivity contribution in [1.29, 1.82) is 0 Å². The number of piperidine rings is 3. The molecule has 0 spiro atoms. The van der Waals surface area contributed by atoms with Crippen LogP contribution in [-0.2, 0) is 43.2 Å². The zero-order chi connectivity index (χ0) is 60.2. The Labute approximate surface area is 488 Å². The van der Waals surface area contributed by atoms with Crippen LogP contribution in [0.4, 0.5) is 27.2 Å². The molecule has 24 heteroatoms. The van der Waals surface area contributed by atoms with E-state index in [4.69, 9.17) is 74.8 Å². The average molecular weight is 1200 g/mol. The first-order chi connectivity index (χ1) is 39.3. The molecule has 5 saturated heterocycles. The molecule has 6 aliphatic rings. The number of benzene rings is 3. The predicted molar refractivity (Wildman–Crippen MR) is 305 cm³/mol. The van der Waals surface area contributed by atoms with Crippen LogP contribution in [0.5, 0.6) is 0 Å². The lowest BCUT2D eigenvalue weighted by molar-refractivity contribution is -0.138. The topological polar surface area (TPSA) is 267 Å². The van der Waals surface area contributed by atoms with E-state index in [2.05, 4.69) is 12.1 Å². The number of hydrogen-bond donors (Lipinski definition) is 6. The maximum absolute atomic E-state index is 13.8. The molecule has 3 aromatic rings. The van der Waals surface area contributed by atoms with Gasteiger partial charge >= 0.3 is 12.1 Å². The molecule has 9 rings (SSSR count). The summed E-state index contributed by atoms with van der Waals surface area (Å²) >= 11 is 12.1. The zero-order valence-corrected chi connectivity index (χ0v) is 48.0. The van der Waals surface area contributed by atoms with E-state index < -0.39 is 23.5 Å². The molecule has 1 aliphatic carbocycles. The third-order valence-electron chi connectivity index (χ3n) is 15.9. The van der Waals surface area contributed by atoms with Gasteiger partial charge in [0.25, 0.3) is 19.4 Å². The minimum atomic E-state index is -2.73. The van der Waals surface area contributed by atoms with E-state index >= 15 is 0 Å². The highest BCUT2D eigenvalue weighted by molar-refractivity contribution is 6.30. The van der Waals surface area contributed by atoms with Crippen LogP contribution in [0.15, 0.2) is 66.7 Å². The van der Waals surface area contributed by atoms with E-state index in [1.54, 1.807) is 4.90 Å². The molecule has 456 valence electrons. The largest absolute Gasteiger partial charge is 0.483 e. The van der Waals surface area contributed by atoms with Crippen LogP contribution in [0.1, 0.15) is 87.3 Å². The van der Waals surface area contributed by atoms with Gasteiger partial charge in [-0.1, -0.05) is 47.5 Å². The van der Waals surface area contributed by atoms with Gasteiger partial charge in [-0.05, 0) is 154 Å². The van der Waals surface area contributed by atoms with Crippen molar-refractivity contribution >= 4 is 60.6 Å². The van der Waals surface area contributed by atoms with Gasteiger partial charge in [0.15, 0.2) is 0 Å². The van der Waals surface area contributed by atoms with Gasteiger partial charge in [0.1, 0.15) is 11.6 Å². The van der Waals surface area contributed by atoms with Crippen LogP contribution in [0.2, 0.25) is 10.0 Å². The van der Waals surface area contributed by atoms with Gasteiger partial charge in [-0.3, -0.25) is 19.2 Å². The minimum Gasteiger partial charge on any atom is -0.483 e. The Bertz CT molecular complexity index is 2410. The number of carbonyl (C=O) groups excluding carboxylic acids is 3. The lowest BCUT2D eigenvalue weighted by Gasteiger charge is -2.38. The first kappa shape index (κ1) is 68.7. The number of urea groups is 2. The predicted octanol–water partition coefficient (Wildman–Crippen LogP) is 8.12. The number of carbonyl (C=O) groups is 6. The van der Waals surface area contributed by atoms with Crippen LogP contribution < -0.4 is 17.2 Å². The Morgan fingerprint density at radius 1 is 0.573 bits per heavy atom. The Kier molecular flexibility index (Phi) is 30.2. The number of amides is 5. The number of carboxylic acid groups (broad SMARTS) is 3. The van der Waals surface area contributed by atoms with E-state index in [9.17, 15) is 31.9 Å². The summed E-state index contributed by atoms with van der Waals surface area (Å²) in [5, 5.41) is 22.2. The molecule has 0 radical (unpaired) electrons. The molecule has 18 nitrogen and oxygen atoms in total. The molecular formula is C58H82Cl2F4N8O10. The summed E-state index contributed by atoms with van der Waals surface area (Å²) in [6.07, 6.45) is 9.11. The molecule has 5 aliphatic heterocycles. The lowest BCUT2D eigenvalue weighted by atomic mass is 9.86. The molecule has 5 amide bonds. The zero-order valence-electron chi connectivity index (χ0n) is 46.4. The summed E-state index contributed by atoms with van der Waals surface area (Å²) in [7, 11) is 0. The summed E-state index contributed by atoms with van der Waals surface area (Å²) in [4.78, 5) is 71.9. The number of morpholine rings is 1. The SMILES string of the molecule is NC(Cc1cc(F)ccc1F)C1CCN(C(=O)C2CCC(F)(F)C2)CC1.NC(Cc1cccc(Cl)c1)C1CCN(C(=O)N2CCCC2)CC1.NC(Cc1cccc(Cl)c1)C1CCN(C(=O)N2CCOCC2)CC1.O=CO.O=CO.O=CO. The number of halogens is 6. The molecular weight excluding hydrogens is 1120 g/mol. The molecule has 0 aromatic heterocycles. The third kappa shape index (κ3) is 23.1. The molecule has 6 fully saturated rings. The van der Waals surface area contributed by atoms with E-state index in [0.717, 1.165) is 119 Å². The molecule has 0 bridgehead atoms. The molecule has 82 heavy (non-hydrogen) atoms. The second-order valence-electron chi connectivity index (χ2n) is 21.4. The van der Waals surface area contributed by atoms with Crippen molar-refractivity contribution in [2.75, 3.05) is 78.7 Å². The van der Waals surface area contributed by atoms with Crippen LogP contribution in [0.3, 0.4) is 0 Å². The van der Waals surface area contributed by atoms with Crippen LogP contribution >= 0.6 is 23.2 Å². The van der Waals surface area contributed by atoms with Crippen molar-refractivity contribution < 1.29 is 66.4 Å². The second kappa shape index (κ2) is 36.0. The van der Waals surface area contributed by atoms with Gasteiger partial charge in [-0.2, -0.15) is 0 Å². The summed E-state index contributed by atoms with van der Waals surface area (Å²) in [6, 6.07) is 19.5. The van der Waals surface area contributed by atoms with Crippen molar-refractivity contribution in [2.45, 2.75) is 114 Å². The van der Waals surface area contributed by atoms with E-state index in [1.165, 1.54) is 11.1 Å². The van der Waals surface area contributed by atoms with Crippen molar-refractivity contribution in [3.8, 4) is 0 Å². The monoisotopic (exact) mass is 1200 g/mol. The summed E-state index contributed by atoms with van der Waals surface area (Å²) in [5.74, 6) is -3.45. The lowest BCUT2D eigenvalue weighted by Crippen LogP contribution is -2.51. The average Bonchev–Trinajstić information content (AvgIpc) is 4.18. The third-order valence-corrected chi connectivity index (χ3v) is 16.4. The molecule has 1 saturated carbocycles. The molecule has 4 unspecified atom stereocenters. The summed E-state index contributed by atoms with van der Waals surface area (Å²) in [6.45, 7) is 8.01. The maximum atomic E-state index is 13.8. The van der Waals surface area contributed by atoms with Gasteiger partial charge in [0, 0.05) is 112 Å². The van der Waals surface area contributed by atoms with Crippen LogP contribution in [0, 0.1) is 35.3 Å². The quantitative estimate of drug-likeness (QED) is 0.0828. The highest BCUT2D eigenvalue weighted by Crippen LogP contribution is 2.40. The van der Waals surface area contributed by atoms with Gasteiger partial charge in [-0.25, -0.2) is 27.2 Å². The number of rotatable bonds is 10. The molecule has 5 heterocycles. The van der Waals surface area contributed by atoms with Crippen LogP contribution in [-0.4, -0.2) is 180 Å². The highest BCUT2D eigenvalue weighted by Gasteiger charge is 2.44. The Morgan fingerprint density at radius 2 is 0.963 bits per heavy atom. The number of alkyl halides is 2. The van der Waals surface area contributed by atoms with E-state index in [1.807, 2.05) is 56.0 Å². The van der Waals surface area contributed by atoms with Crippen molar-refractivity contribution in [3.63, 3.8) is 0 Å². The number of nitrogens with zero attached hydrogens (tertiary/aromatic N) is 5. The Balaban J connectivity index is 0.000000246. The smallest absolute Gasteiger partial charge is 0.320 e. The van der Waals surface area contributed by atoms with Gasteiger partial charge < -0.3 is 61.8 Å². The minimum absolute atomic E-state index is 0.0896. The number of likely N-dealkylation sites (tertiary alicyclic amines) is 4. The van der Waals surface area contributed by atoms with Gasteiger partial charge in [0.2, 0.25) is 11.8 Å². The summed E-state index contributed by atoms with van der Waals surface area (Å²) in [5.41, 5.74) is 21.7. The number of ether oxygens (including phenoxy) is 1. The standard InChI is InChI=1S/C19H24F4N2O.C18H26ClN3O2.C18H26ClN3O.3CH2O2/c20-15-1-2-16(21)14(9-15)10-17(24)12-4-7-25(8-5-12)18(26)13-3-6-19(22,23)11-13;19-16-3-1-2-14(12-16)13-17(20)15-4-6-21(7-5-15)18(23)22-8-10-24-11-9-22;19-16-5-3-4-14(12-16)13-17(20)15-6-10-22(11-7-15)18(23)21-8-1-2-9-21;3*2-1-3/h1-2,9,12-13,17H,3-8,10-11,24H2;1-3,12,15,17H,4-11,13,20H2;3-5,12,15,17H,1-2,6-11,13,20H2;3*1H,(H,2,3). The fourth-order valence-corrected chi connectivity index (χ4v) is 11.8. The Morgan fingerprint density at radius 3 is 1.37 bits per heavy atom. The number of hydrogen-bond acceptors (Lipinski definition) is 10. The molecule has 4 atom stereocenters. The first-order valence-corrected chi connectivity index (χ1v) is 28.8. The fraction of sp³-hybridized carbons (Fsp3) is 0.586. The normalized spacial score (nSPS) is 20.2. The fourth-order valence-electron chi connectivity index (χ4n) is 11.4. The van der Waals surface area contributed by atoms with E-state index in [0.29, 0.717) is 64.1 Å². The molecule has 3 aromatic carbocycles. The number of nitrogens with two attached hydrogens (primary N) is 3. The van der Waals surface area contributed by atoms with Crippen molar-refractivity contribution in [2.24, 2.45) is 40.9 Å². The van der Waals surface area contributed by atoms with E-state index in [-0.39, 0.29) is 92.7 Å². The molecule has 9 N–H and O–H groups in total. The van der Waals surface area contributed by atoms with Gasteiger partial charge in [-0.15, -0.1) is 0 Å². The van der Waals surface area contributed by atoms with Gasteiger partial charge in [0.05, 0.1) is 13.2 Å². The maximum Gasteiger partial charge on any atom is 0.320 e. The summed E-state index contributed by atoms with van der Waals surface area (Å²) < 4.78 is 59.0. The Hall–Kier alpha value is -5.78. The van der Waals surface area contributed by atoms with Crippen LogP contribution in [0.25, 0.3) is 0 Å². The van der Waals surface area contributed by atoms with Crippen molar-refractivity contribution in [1.82, 2.24) is 24.5 Å².